The van der Waals surface area contributed by atoms with Crippen LogP contribution in [0.25, 0.3) is 22.2 Å². The molecule has 2 aromatic carbocycles. The number of pyridine rings is 2. The highest BCUT2D eigenvalue weighted by molar-refractivity contribution is 6.02. The lowest BCUT2D eigenvalue weighted by atomic mass is 10.0. The first-order valence-electron chi connectivity index (χ1n) is 11.5. The summed E-state index contributed by atoms with van der Waals surface area (Å²) in [5.74, 6) is -0.751. The number of H-pyrrole nitrogens is 1. The van der Waals surface area contributed by atoms with E-state index < -0.39 is 5.92 Å². The molecule has 5 aromatic rings. The number of carbonyl (C=O) groups excluding carboxylic acids is 1. The summed E-state index contributed by atoms with van der Waals surface area (Å²) in [6, 6.07) is 20.9. The zero-order valence-electron chi connectivity index (χ0n) is 19.7. The molecule has 3 heterocycles. The third-order valence-corrected chi connectivity index (χ3v) is 6.13. The molecule has 0 saturated carbocycles. The summed E-state index contributed by atoms with van der Waals surface area (Å²) >= 11 is 0. The number of anilines is 3. The van der Waals surface area contributed by atoms with Gasteiger partial charge in [0.05, 0.1) is 28.2 Å². The van der Waals surface area contributed by atoms with Gasteiger partial charge < -0.3 is 20.2 Å². The van der Waals surface area contributed by atoms with Crippen molar-refractivity contribution in [3.05, 3.63) is 107 Å². The fourth-order valence-electron chi connectivity index (χ4n) is 4.10. The Balaban J connectivity index is 1.52. The first-order chi connectivity index (χ1) is 17.4. The third kappa shape index (κ3) is 4.48. The zero-order chi connectivity index (χ0) is 25.2. The highest BCUT2D eigenvalue weighted by atomic mass is 19.1. The van der Waals surface area contributed by atoms with Crippen LogP contribution >= 0.6 is 0 Å². The van der Waals surface area contributed by atoms with Gasteiger partial charge in [-0.3, -0.25) is 9.59 Å². The molecule has 0 radical (unpaired) electrons. The molecular weight excluding hydrogens is 457 g/mol. The lowest BCUT2D eigenvalue weighted by Gasteiger charge is -2.13. The molecular formula is C28H24FN5O2. The van der Waals surface area contributed by atoms with Crippen molar-refractivity contribution in [1.29, 1.82) is 0 Å². The molecule has 0 fully saturated rings. The van der Waals surface area contributed by atoms with Crippen LogP contribution in [0.3, 0.4) is 0 Å². The van der Waals surface area contributed by atoms with Crippen LogP contribution in [0, 0.1) is 5.82 Å². The number of amides is 1. The van der Waals surface area contributed by atoms with E-state index in [0.717, 1.165) is 11.3 Å². The Bertz CT molecular complexity index is 1610. The molecule has 0 unspecified atom stereocenters. The second-order valence-corrected chi connectivity index (χ2v) is 8.58. The van der Waals surface area contributed by atoms with Crippen LogP contribution < -0.4 is 16.2 Å². The van der Waals surface area contributed by atoms with Gasteiger partial charge in [0.15, 0.2) is 0 Å². The van der Waals surface area contributed by atoms with Gasteiger partial charge in [0.25, 0.3) is 5.56 Å². The van der Waals surface area contributed by atoms with Gasteiger partial charge in [0.2, 0.25) is 5.91 Å². The first-order valence-corrected chi connectivity index (χ1v) is 11.5. The van der Waals surface area contributed by atoms with Crippen LogP contribution in [0.15, 0.2) is 90.0 Å². The second kappa shape index (κ2) is 9.50. The Labute approximate surface area is 206 Å². The number of aryl methyl sites for hydroxylation is 1. The van der Waals surface area contributed by atoms with E-state index in [-0.39, 0.29) is 17.3 Å². The maximum absolute atomic E-state index is 13.3. The number of hydrogen-bond donors (Lipinski definition) is 3. The number of benzene rings is 2. The molecule has 0 aliphatic carbocycles. The molecule has 1 atom stereocenters. The highest BCUT2D eigenvalue weighted by Gasteiger charge is 2.19. The molecule has 3 N–H and O–H groups in total. The standard InChI is InChI=1S/C28H24FN5O2/c1-17(18-8-10-20(29)11-9-18)27(35)33-23-16-19(12-14-30-23)25-26(31-21-6-4-3-5-7-21)24-22(32-25)13-15-34(2)28(24)36/h3-17,31-32H,1-2H3,(H,30,33,35)/t17-/m0/s1. The molecule has 180 valence electrons. The Kier molecular flexibility index (Phi) is 6.08. The fraction of sp³-hybridized carbons (Fsp3) is 0.107. The van der Waals surface area contributed by atoms with Gasteiger partial charge in [0, 0.05) is 30.7 Å². The largest absolute Gasteiger partial charge is 0.353 e. The number of fused-ring (bicyclic) bond motifs is 1. The van der Waals surface area contributed by atoms with Gasteiger partial charge in [-0.25, -0.2) is 9.37 Å². The molecule has 0 saturated heterocycles. The molecule has 36 heavy (non-hydrogen) atoms. The molecule has 3 aromatic heterocycles. The van der Waals surface area contributed by atoms with Gasteiger partial charge in [-0.1, -0.05) is 30.3 Å². The highest BCUT2D eigenvalue weighted by Crippen LogP contribution is 2.36. The van der Waals surface area contributed by atoms with Crippen LogP contribution in [-0.2, 0) is 11.8 Å². The van der Waals surface area contributed by atoms with E-state index in [1.165, 1.54) is 16.7 Å². The summed E-state index contributed by atoms with van der Waals surface area (Å²) in [5, 5.41) is 6.76. The Morgan fingerprint density at radius 1 is 1.06 bits per heavy atom. The number of hydrogen-bond acceptors (Lipinski definition) is 4. The SMILES string of the molecule is C[C@H](C(=O)Nc1cc(-c2[nH]c3ccn(C)c(=O)c3c2Nc2ccccc2)ccn1)c1ccc(F)cc1. The summed E-state index contributed by atoms with van der Waals surface area (Å²) in [4.78, 5) is 33.6. The van der Waals surface area contributed by atoms with Crippen molar-refractivity contribution in [3.63, 3.8) is 0 Å². The van der Waals surface area contributed by atoms with Crippen molar-refractivity contribution in [2.45, 2.75) is 12.8 Å². The van der Waals surface area contributed by atoms with Crippen LogP contribution in [-0.4, -0.2) is 20.4 Å². The van der Waals surface area contributed by atoms with E-state index in [2.05, 4.69) is 20.6 Å². The number of para-hydroxylation sites is 1. The minimum absolute atomic E-state index is 0.135. The average Bonchev–Trinajstić information content (AvgIpc) is 3.26. The quantitative estimate of drug-likeness (QED) is 0.296. The molecule has 0 spiro atoms. The van der Waals surface area contributed by atoms with Crippen molar-refractivity contribution in [2.24, 2.45) is 7.05 Å². The second-order valence-electron chi connectivity index (χ2n) is 8.58. The Hall–Kier alpha value is -4.72. The van der Waals surface area contributed by atoms with Crippen molar-refractivity contribution >= 4 is 34.0 Å². The normalized spacial score (nSPS) is 11.9. The first kappa shape index (κ1) is 23.0. The number of nitrogens with zero attached hydrogens (tertiary/aromatic N) is 2. The maximum Gasteiger partial charge on any atom is 0.261 e. The van der Waals surface area contributed by atoms with Crippen LogP contribution in [0.1, 0.15) is 18.4 Å². The van der Waals surface area contributed by atoms with Gasteiger partial charge in [-0.2, -0.15) is 0 Å². The van der Waals surface area contributed by atoms with Crippen LogP contribution in [0.4, 0.5) is 21.6 Å². The number of rotatable bonds is 6. The van der Waals surface area contributed by atoms with Crippen LogP contribution in [0.2, 0.25) is 0 Å². The Morgan fingerprint density at radius 2 is 1.81 bits per heavy atom. The van der Waals surface area contributed by atoms with Gasteiger partial charge in [-0.05, 0) is 55.0 Å². The molecule has 0 aliphatic rings. The van der Waals surface area contributed by atoms with Gasteiger partial charge in [0.1, 0.15) is 11.6 Å². The third-order valence-electron chi connectivity index (χ3n) is 6.13. The number of carbonyl (C=O) groups is 1. The molecule has 5 rings (SSSR count). The van der Waals surface area contributed by atoms with E-state index in [1.807, 2.05) is 42.5 Å². The lowest BCUT2D eigenvalue weighted by Crippen LogP contribution is -2.19. The number of aromatic nitrogens is 3. The monoisotopic (exact) mass is 481 g/mol. The summed E-state index contributed by atoms with van der Waals surface area (Å²) in [6.07, 6.45) is 3.32. The van der Waals surface area contributed by atoms with E-state index in [0.29, 0.717) is 33.7 Å². The molecule has 1 amide bonds. The fourth-order valence-corrected chi connectivity index (χ4v) is 4.10. The number of aromatic amines is 1. The van der Waals surface area contributed by atoms with Crippen molar-refractivity contribution < 1.29 is 9.18 Å². The smallest absolute Gasteiger partial charge is 0.261 e. The van der Waals surface area contributed by atoms with Crippen molar-refractivity contribution in [2.75, 3.05) is 10.6 Å². The van der Waals surface area contributed by atoms with Gasteiger partial charge in [-0.15, -0.1) is 0 Å². The summed E-state index contributed by atoms with van der Waals surface area (Å²) in [5.41, 5.74) is 4.17. The van der Waals surface area contributed by atoms with E-state index >= 15 is 0 Å². The summed E-state index contributed by atoms with van der Waals surface area (Å²) < 4.78 is 14.8. The van der Waals surface area contributed by atoms with Crippen molar-refractivity contribution in [3.8, 4) is 11.3 Å². The Morgan fingerprint density at radius 3 is 2.56 bits per heavy atom. The number of nitrogens with one attached hydrogen (secondary N) is 3. The minimum Gasteiger partial charge on any atom is -0.353 e. The average molecular weight is 482 g/mol. The summed E-state index contributed by atoms with van der Waals surface area (Å²) in [6.45, 7) is 1.75. The van der Waals surface area contributed by atoms with Crippen molar-refractivity contribution in [1.82, 2.24) is 14.5 Å². The van der Waals surface area contributed by atoms with E-state index in [9.17, 15) is 14.0 Å². The van der Waals surface area contributed by atoms with Crippen LogP contribution in [0.5, 0.6) is 0 Å². The molecule has 0 aliphatic heterocycles. The summed E-state index contributed by atoms with van der Waals surface area (Å²) in [7, 11) is 1.71. The zero-order valence-corrected chi connectivity index (χ0v) is 19.7. The molecule has 8 heteroatoms. The van der Waals surface area contributed by atoms with E-state index in [4.69, 9.17) is 0 Å². The predicted octanol–water partition coefficient (Wildman–Crippen LogP) is 5.55. The lowest BCUT2D eigenvalue weighted by molar-refractivity contribution is -0.117. The van der Waals surface area contributed by atoms with Gasteiger partial charge >= 0.3 is 0 Å². The molecule has 7 nitrogen and oxygen atoms in total. The minimum atomic E-state index is -0.498. The predicted molar refractivity (Wildman–Crippen MR) is 140 cm³/mol. The topological polar surface area (TPSA) is 91.8 Å². The number of halogens is 1. The molecule has 0 bridgehead atoms. The maximum atomic E-state index is 13.3. The van der Waals surface area contributed by atoms with E-state index in [1.54, 1.807) is 44.6 Å².